The van der Waals surface area contributed by atoms with Gasteiger partial charge in [0, 0.05) is 31.6 Å². The number of nitrogens with zero attached hydrogens (tertiary/aromatic N) is 3. The Kier molecular flexibility index (Phi) is 5.10. The number of unbranched alkanes of at least 4 members (excludes halogenated alkanes) is 1. The van der Waals surface area contributed by atoms with Crippen molar-refractivity contribution in [3.05, 3.63) is 0 Å². The minimum absolute atomic E-state index is 0.158. The molecular formula is C16H27N3O2. The standard InChI is InChI=1S/C16H27N3O2/c1-16(2,3)21-15(20)19-13-7-6-8-14(19)12-18(11-13)10-5-4-9-17/h13-14H,4-8,10-12H2,1-3H3. The molecule has 2 heterocycles. The molecule has 1 amide bonds. The van der Waals surface area contributed by atoms with Crippen LogP contribution in [0.1, 0.15) is 52.9 Å². The number of carbonyl (C=O) groups is 1. The third-order valence-electron chi connectivity index (χ3n) is 4.17. The molecule has 5 nitrogen and oxygen atoms in total. The molecule has 5 heteroatoms. The molecule has 0 saturated carbocycles. The Morgan fingerprint density at radius 3 is 2.43 bits per heavy atom. The van der Waals surface area contributed by atoms with Crippen LogP contribution in [-0.2, 0) is 4.74 Å². The van der Waals surface area contributed by atoms with Gasteiger partial charge in [0.2, 0.25) is 0 Å². The predicted molar refractivity (Wildman–Crippen MR) is 80.8 cm³/mol. The lowest BCUT2D eigenvalue weighted by molar-refractivity contribution is -0.0375. The molecule has 0 N–H and O–H groups in total. The van der Waals surface area contributed by atoms with E-state index in [1.165, 1.54) is 6.42 Å². The molecule has 0 radical (unpaired) electrons. The van der Waals surface area contributed by atoms with Gasteiger partial charge < -0.3 is 4.74 Å². The van der Waals surface area contributed by atoms with Gasteiger partial charge in [0.05, 0.1) is 6.07 Å². The maximum Gasteiger partial charge on any atom is 0.410 e. The normalized spacial score (nSPS) is 26.3. The molecule has 2 rings (SSSR count). The molecule has 2 aliphatic rings. The molecule has 0 aromatic carbocycles. The number of hydrogen-bond acceptors (Lipinski definition) is 4. The van der Waals surface area contributed by atoms with Crippen LogP contribution < -0.4 is 0 Å². The van der Waals surface area contributed by atoms with Gasteiger partial charge in [-0.25, -0.2) is 4.79 Å². The summed E-state index contributed by atoms with van der Waals surface area (Å²) in [5, 5.41) is 8.64. The van der Waals surface area contributed by atoms with E-state index >= 15 is 0 Å². The number of hydrogen-bond donors (Lipinski definition) is 0. The second kappa shape index (κ2) is 6.65. The van der Waals surface area contributed by atoms with Gasteiger partial charge in [0.1, 0.15) is 5.60 Å². The van der Waals surface area contributed by atoms with Gasteiger partial charge in [0.25, 0.3) is 0 Å². The first-order valence-corrected chi connectivity index (χ1v) is 8.01. The van der Waals surface area contributed by atoms with Gasteiger partial charge in [-0.15, -0.1) is 0 Å². The molecule has 0 aliphatic carbocycles. The van der Waals surface area contributed by atoms with Crippen LogP contribution in [0.25, 0.3) is 0 Å². The molecule has 2 unspecified atom stereocenters. The van der Waals surface area contributed by atoms with Crippen LogP contribution in [0, 0.1) is 11.3 Å². The molecule has 2 bridgehead atoms. The topological polar surface area (TPSA) is 56.6 Å². The van der Waals surface area contributed by atoms with E-state index < -0.39 is 5.60 Å². The van der Waals surface area contributed by atoms with Crippen LogP contribution >= 0.6 is 0 Å². The predicted octanol–water partition coefficient (Wildman–Crippen LogP) is 2.76. The minimum Gasteiger partial charge on any atom is -0.444 e. The van der Waals surface area contributed by atoms with E-state index in [1.54, 1.807) is 0 Å². The highest BCUT2D eigenvalue weighted by Crippen LogP contribution is 2.30. The number of piperidine rings is 1. The number of ether oxygens (including phenoxy) is 1. The number of piperazine rings is 1. The maximum atomic E-state index is 12.4. The van der Waals surface area contributed by atoms with E-state index in [4.69, 9.17) is 10.00 Å². The van der Waals surface area contributed by atoms with Crippen LogP contribution in [0.3, 0.4) is 0 Å². The first-order valence-electron chi connectivity index (χ1n) is 8.01. The first kappa shape index (κ1) is 16.1. The third kappa shape index (κ3) is 4.34. The van der Waals surface area contributed by atoms with Crippen molar-refractivity contribution >= 4 is 6.09 Å². The highest BCUT2D eigenvalue weighted by Gasteiger charge is 2.41. The van der Waals surface area contributed by atoms with Gasteiger partial charge in [-0.05, 0) is 53.0 Å². The van der Waals surface area contributed by atoms with Crippen LogP contribution in [-0.4, -0.2) is 53.2 Å². The summed E-state index contributed by atoms with van der Waals surface area (Å²) in [6.07, 6.45) is 4.69. The van der Waals surface area contributed by atoms with Gasteiger partial charge in [-0.3, -0.25) is 9.80 Å². The molecule has 2 fully saturated rings. The highest BCUT2D eigenvalue weighted by molar-refractivity contribution is 5.69. The monoisotopic (exact) mass is 293 g/mol. The second-order valence-electron chi connectivity index (χ2n) is 7.15. The molecule has 21 heavy (non-hydrogen) atoms. The van der Waals surface area contributed by atoms with Gasteiger partial charge in [0.15, 0.2) is 0 Å². The number of rotatable bonds is 3. The van der Waals surface area contributed by atoms with E-state index in [0.29, 0.717) is 6.42 Å². The summed E-state index contributed by atoms with van der Waals surface area (Å²) >= 11 is 0. The number of fused-ring (bicyclic) bond motifs is 2. The summed E-state index contributed by atoms with van der Waals surface area (Å²) in [6.45, 7) is 8.54. The van der Waals surface area contributed by atoms with E-state index in [0.717, 1.165) is 38.9 Å². The molecule has 2 atom stereocenters. The van der Waals surface area contributed by atoms with E-state index in [2.05, 4.69) is 11.0 Å². The third-order valence-corrected chi connectivity index (χ3v) is 4.17. The molecule has 2 saturated heterocycles. The SMILES string of the molecule is CC(C)(C)OC(=O)N1C2CCCC1CN(CCCC#N)C2. The molecule has 0 aromatic rings. The van der Waals surface area contributed by atoms with Crippen molar-refractivity contribution in [3.8, 4) is 6.07 Å². The second-order valence-corrected chi connectivity index (χ2v) is 7.15. The fraction of sp³-hybridized carbons (Fsp3) is 0.875. The molecule has 2 aliphatic heterocycles. The minimum atomic E-state index is -0.435. The Labute approximate surface area is 127 Å². The average Bonchev–Trinajstić information content (AvgIpc) is 2.35. The van der Waals surface area contributed by atoms with E-state index in [9.17, 15) is 4.79 Å². The summed E-state index contributed by atoms with van der Waals surface area (Å²) in [6, 6.07) is 2.74. The van der Waals surface area contributed by atoms with Crippen LogP contribution in [0.5, 0.6) is 0 Å². The Balaban J connectivity index is 1.96. The maximum absolute atomic E-state index is 12.4. The van der Waals surface area contributed by atoms with Crippen LogP contribution in [0.4, 0.5) is 4.79 Å². The van der Waals surface area contributed by atoms with E-state index in [-0.39, 0.29) is 18.2 Å². The summed E-state index contributed by atoms with van der Waals surface area (Å²) < 4.78 is 5.57. The zero-order valence-corrected chi connectivity index (χ0v) is 13.5. The Bertz CT molecular complexity index is 397. The molecule has 0 spiro atoms. The van der Waals surface area contributed by atoms with Crippen molar-refractivity contribution in [2.24, 2.45) is 0 Å². The van der Waals surface area contributed by atoms with Crippen LogP contribution in [0.2, 0.25) is 0 Å². The van der Waals surface area contributed by atoms with Crippen molar-refractivity contribution in [1.82, 2.24) is 9.80 Å². The molecular weight excluding hydrogens is 266 g/mol. The summed E-state index contributed by atoms with van der Waals surface area (Å²) in [5.74, 6) is 0. The smallest absolute Gasteiger partial charge is 0.410 e. The zero-order chi connectivity index (χ0) is 15.5. The number of carbonyl (C=O) groups excluding carboxylic acids is 1. The molecule has 118 valence electrons. The molecule has 0 aromatic heterocycles. The number of nitriles is 1. The number of likely N-dealkylation sites (tertiary alicyclic amines) is 1. The lowest BCUT2D eigenvalue weighted by Crippen LogP contribution is -2.63. The Morgan fingerprint density at radius 1 is 1.29 bits per heavy atom. The van der Waals surface area contributed by atoms with Crippen molar-refractivity contribution in [3.63, 3.8) is 0 Å². The van der Waals surface area contributed by atoms with Crippen molar-refractivity contribution in [2.75, 3.05) is 19.6 Å². The quantitative estimate of drug-likeness (QED) is 0.751. The van der Waals surface area contributed by atoms with Crippen molar-refractivity contribution in [2.45, 2.75) is 70.6 Å². The van der Waals surface area contributed by atoms with Gasteiger partial charge in [-0.1, -0.05) is 0 Å². The Morgan fingerprint density at radius 2 is 1.90 bits per heavy atom. The lowest BCUT2D eigenvalue weighted by Gasteiger charge is -2.50. The van der Waals surface area contributed by atoms with Gasteiger partial charge >= 0.3 is 6.09 Å². The number of amides is 1. The average molecular weight is 293 g/mol. The summed E-state index contributed by atoms with van der Waals surface area (Å²) in [4.78, 5) is 16.8. The van der Waals surface area contributed by atoms with Crippen molar-refractivity contribution < 1.29 is 9.53 Å². The fourth-order valence-corrected chi connectivity index (χ4v) is 3.37. The zero-order valence-electron chi connectivity index (χ0n) is 13.5. The van der Waals surface area contributed by atoms with E-state index in [1.807, 2.05) is 25.7 Å². The van der Waals surface area contributed by atoms with Gasteiger partial charge in [-0.2, -0.15) is 5.26 Å². The summed E-state index contributed by atoms with van der Waals surface area (Å²) in [5.41, 5.74) is -0.435. The first-order chi connectivity index (χ1) is 9.90. The highest BCUT2D eigenvalue weighted by atomic mass is 16.6. The fourth-order valence-electron chi connectivity index (χ4n) is 3.37. The van der Waals surface area contributed by atoms with Crippen LogP contribution in [0.15, 0.2) is 0 Å². The Hall–Kier alpha value is -1.28. The lowest BCUT2D eigenvalue weighted by atomic mass is 9.91. The largest absolute Gasteiger partial charge is 0.444 e. The summed E-state index contributed by atoms with van der Waals surface area (Å²) in [7, 11) is 0. The van der Waals surface area contributed by atoms with Crippen molar-refractivity contribution in [1.29, 1.82) is 5.26 Å².